The molecule has 116 valence electrons. The molecule has 0 aromatic heterocycles. The molecule has 0 atom stereocenters. The Morgan fingerprint density at radius 3 is 2.35 bits per heavy atom. The van der Waals surface area contributed by atoms with Crippen LogP contribution < -0.4 is 5.32 Å². The van der Waals surface area contributed by atoms with Crippen molar-refractivity contribution in [2.75, 3.05) is 26.2 Å². The Kier molecular flexibility index (Phi) is 6.25. The average molecular weight is 296 g/mol. The highest BCUT2D eigenvalue weighted by atomic mass is 19.4. The molecule has 0 aromatic carbocycles. The van der Waals surface area contributed by atoms with Crippen LogP contribution in [0.1, 0.15) is 25.7 Å². The van der Waals surface area contributed by atoms with E-state index in [0.29, 0.717) is 32.4 Å². The molecule has 1 aliphatic rings. The zero-order chi connectivity index (χ0) is 15.2. The van der Waals surface area contributed by atoms with Gasteiger partial charge in [-0.15, -0.1) is 0 Å². The Morgan fingerprint density at radius 2 is 1.85 bits per heavy atom. The van der Waals surface area contributed by atoms with E-state index in [2.05, 4.69) is 5.32 Å². The third-order valence-electron chi connectivity index (χ3n) is 3.34. The van der Waals surface area contributed by atoms with E-state index in [-0.39, 0.29) is 24.8 Å². The van der Waals surface area contributed by atoms with E-state index >= 15 is 0 Å². The predicted octanol–water partition coefficient (Wildman–Crippen LogP) is 1.24. The zero-order valence-corrected chi connectivity index (χ0v) is 11.1. The van der Waals surface area contributed by atoms with Crippen molar-refractivity contribution in [2.45, 2.75) is 31.9 Å². The fourth-order valence-electron chi connectivity index (χ4n) is 2.22. The lowest BCUT2D eigenvalue weighted by atomic mass is 9.92. The number of piperidine rings is 1. The van der Waals surface area contributed by atoms with E-state index < -0.39 is 18.7 Å². The number of likely N-dealkylation sites (tertiary alicyclic amines) is 1. The van der Waals surface area contributed by atoms with Gasteiger partial charge in [0.05, 0.1) is 13.1 Å². The highest BCUT2D eigenvalue weighted by Gasteiger charge is 2.28. The summed E-state index contributed by atoms with van der Waals surface area (Å²) in [5.41, 5.74) is 0. The maximum absolute atomic E-state index is 11.9. The summed E-state index contributed by atoms with van der Waals surface area (Å²) >= 11 is 0. The quantitative estimate of drug-likeness (QED) is 0.774. The van der Waals surface area contributed by atoms with E-state index in [1.807, 2.05) is 0 Å². The van der Waals surface area contributed by atoms with Crippen molar-refractivity contribution in [1.82, 2.24) is 10.2 Å². The highest BCUT2D eigenvalue weighted by molar-refractivity contribution is 5.78. The molecule has 1 saturated heterocycles. The predicted molar refractivity (Wildman–Crippen MR) is 65.1 cm³/mol. The number of rotatable bonds is 6. The number of amides is 1. The second-order valence-electron chi connectivity index (χ2n) is 4.98. The Morgan fingerprint density at radius 1 is 1.25 bits per heavy atom. The summed E-state index contributed by atoms with van der Waals surface area (Å²) in [6, 6.07) is 0. The summed E-state index contributed by atoms with van der Waals surface area (Å²) in [4.78, 5) is 23.6. The minimum atomic E-state index is -4.32. The van der Waals surface area contributed by atoms with Gasteiger partial charge in [0, 0.05) is 19.5 Å². The van der Waals surface area contributed by atoms with Crippen molar-refractivity contribution >= 4 is 11.9 Å². The van der Waals surface area contributed by atoms with Crippen LogP contribution in [0.5, 0.6) is 0 Å². The molecule has 1 fully saturated rings. The molecule has 5 nitrogen and oxygen atoms in total. The topological polar surface area (TPSA) is 69.6 Å². The third kappa shape index (κ3) is 6.74. The molecule has 0 radical (unpaired) electrons. The van der Waals surface area contributed by atoms with E-state index in [9.17, 15) is 22.8 Å². The number of carbonyl (C=O) groups excluding carboxylic acids is 1. The van der Waals surface area contributed by atoms with Gasteiger partial charge in [-0.2, -0.15) is 13.2 Å². The average Bonchev–Trinajstić information content (AvgIpc) is 2.35. The van der Waals surface area contributed by atoms with Gasteiger partial charge < -0.3 is 15.3 Å². The number of nitrogens with zero attached hydrogens (tertiary/aromatic N) is 1. The molecule has 0 spiro atoms. The van der Waals surface area contributed by atoms with Crippen LogP contribution in [0.4, 0.5) is 13.2 Å². The Labute approximate surface area is 115 Å². The maximum Gasteiger partial charge on any atom is 0.401 e. The highest BCUT2D eigenvalue weighted by Crippen LogP contribution is 2.21. The van der Waals surface area contributed by atoms with Crippen molar-refractivity contribution in [3.8, 4) is 0 Å². The van der Waals surface area contributed by atoms with Gasteiger partial charge in [0.15, 0.2) is 0 Å². The van der Waals surface area contributed by atoms with Crippen LogP contribution in [0.15, 0.2) is 0 Å². The number of aliphatic carboxylic acids is 1. The van der Waals surface area contributed by atoms with Gasteiger partial charge >= 0.3 is 12.1 Å². The maximum atomic E-state index is 11.9. The van der Waals surface area contributed by atoms with Gasteiger partial charge in [-0.05, 0) is 25.2 Å². The van der Waals surface area contributed by atoms with Crippen LogP contribution in [0.25, 0.3) is 0 Å². The first-order valence-corrected chi connectivity index (χ1v) is 6.55. The van der Waals surface area contributed by atoms with Crippen molar-refractivity contribution < 1.29 is 27.9 Å². The summed E-state index contributed by atoms with van der Waals surface area (Å²) in [6.07, 6.45) is -2.20. The number of halogens is 3. The zero-order valence-electron chi connectivity index (χ0n) is 11.1. The Balaban J connectivity index is 2.20. The van der Waals surface area contributed by atoms with Gasteiger partial charge in [-0.1, -0.05) is 0 Å². The van der Waals surface area contributed by atoms with Crippen LogP contribution in [0, 0.1) is 5.92 Å². The van der Waals surface area contributed by atoms with Crippen LogP contribution in [-0.2, 0) is 9.59 Å². The molecule has 20 heavy (non-hydrogen) atoms. The summed E-state index contributed by atoms with van der Waals surface area (Å²) < 4.78 is 35.7. The number of carboxylic acids is 1. The third-order valence-corrected chi connectivity index (χ3v) is 3.34. The number of carboxylic acid groups (broad SMARTS) is 1. The second kappa shape index (κ2) is 7.47. The molecule has 1 rings (SSSR count). The fraction of sp³-hybridized carbons (Fsp3) is 0.833. The first-order chi connectivity index (χ1) is 9.28. The summed E-state index contributed by atoms with van der Waals surface area (Å²) in [7, 11) is 0. The lowest BCUT2D eigenvalue weighted by Crippen LogP contribution is -2.44. The summed E-state index contributed by atoms with van der Waals surface area (Å²) in [6.45, 7) is -0.527. The molecular weight excluding hydrogens is 277 g/mol. The molecule has 1 amide bonds. The fourth-order valence-corrected chi connectivity index (χ4v) is 2.22. The van der Waals surface area contributed by atoms with Crippen molar-refractivity contribution in [1.29, 1.82) is 0 Å². The summed E-state index contributed by atoms with van der Waals surface area (Å²) in [5, 5.41) is 10.7. The van der Waals surface area contributed by atoms with Crippen molar-refractivity contribution in [3.63, 3.8) is 0 Å². The molecule has 0 bridgehead atoms. The lowest BCUT2D eigenvalue weighted by Gasteiger charge is -2.32. The van der Waals surface area contributed by atoms with Gasteiger partial charge in [0.1, 0.15) is 0 Å². The number of carbonyl (C=O) groups is 2. The molecule has 8 heteroatoms. The first-order valence-electron chi connectivity index (χ1n) is 6.55. The van der Waals surface area contributed by atoms with E-state index in [1.165, 1.54) is 4.90 Å². The smallest absolute Gasteiger partial charge is 0.401 e. The number of alkyl halides is 3. The minimum absolute atomic E-state index is 0.117. The number of nitrogens with one attached hydrogen (secondary N) is 1. The second-order valence-corrected chi connectivity index (χ2v) is 4.98. The van der Waals surface area contributed by atoms with Gasteiger partial charge in [0.25, 0.3) is 0 Å². The monoisotopic (exact) mass is 296 g/mol. The number of hydrogen-bond acceptors (Lipinski definition) is 3. The molecule has 1 heterocycles. The van der Waals surface area contributed by atoms with E-state index in [0.717, 1.165) is 0 Å². The molecule has 0 unspecified atom stereocenters. The largest absolute Gasteiger partial charge is 0.481 e. The van der Waals surface area contributed by atoms with Crippen LogP contribution in [0.2, 0.25) is 0 Å². The van der Waals surface area contributed by atoms with E-state index in [4.69, 9.17) is 5.11 Å². The van der Waals surface area contributed by atoms with Crippen LogP contribution in [0.3, 0.4) is 0 Å². The SMILES string of the molecule is O=C(O)CCC1CCN(C(=O)CNCC(F)(F)F)CC1. The van der Waals surface area contributed by atoms with Crippen LogP contribution >= 0.6 is 0 Å². The molecule has 0 aromatic rings. The Bertz CT molecular complexity index is 339. The first kappa shape index (κ1) is 16.7. The molecule has 0 saturated carbocycles. The van der Waals surface area contributed by atoms with Crippen molar-refractivity contribution in [3.05, 3.63) is 0 Å². The van der Waals surface area contributed by atoms with E-state index in [1.54, 1.807) is 0 Å². The standard InChI is InChI=1S/C12H19F3N2O3/c13-12(14,15)8-16-7-10(18)17-5-3-9(4-6-17)1-2-11(19)20/h9,16H,1-8H2,(H,19,20). The molecule has 0 aliphatic carbocycles. The lowest BCUT2D eigenvalue weighted by molar-refractivity contribution is -0.138. The summed E-state index contributed by atoms with van der Waals surface area (Å²) in [5.74, 6) is -0.899. The number of hydrogen-bond donors (Lipinski definition) is 2. The molecule has 2 N–H and O–H groups in total. The normalized spacial score (nSPS) is 17.2. The van der Waals surface area contributed by atoms with Gasteiger partial charge in [-0.3, -0.25) is 9.59 Å². The van der Waals surface area contributed by atoms with Gasteiger partial charge in [0.2, 0.25) is 5.91 Å². The minimum Gasteiger partial charge on any atom is -0.481 e. The Hall–Kier alpha value is -1.31. The molecular formula is C12H19F3N2O3. The molecule has 1 aliphatic heterocycles. The van der Waals surface area contributed by atoms with Crippen LogP contribution in [-0.4, -0.2) is 54.2 Å². The van der Waals surface area contributed by atoms with Crippen molar-refractivity contribution in [2.24, 2.45) is 5.92 Å². The van der Waals surface area contributed by atoms with Gasteiger partial charge in [-0.25, -0.2) is 0 Å².